The van der Waals surface area contributed by atoms with Crippen molar-refractivity contribution >= 4 is 31.9 Å². The molecule has 3 N–H and O–H groups in total. The minimum Gasteiger partial charge on any atom is -0.552 e. The van der Waals surface area contributed by atoms with E-state index >= 15 is 0 Å². The molecule has 0 amide bonds. The van der Waals surface area contributed by atoms with Crippen molar-refractivity contribution in [2.75, 3.05) is 0 Å². The van der Waals surface area contributed by atoms with Crippen molar-refractivity contribution in [1.29, 1.82) is 5.41 Å². The molecular formula is C7H9B2NO3. The van der Waals surface area contributed by atoms with Crippen molar-refractivity contribution in [2.24, 2.45) is 0 Å². The SMILES string of the molecule is N=COBc1ccc(B(O)O)cc1. The minimum absolute atomic E-state index is 0.325. The smallest absolute Gasteiger partial charge is 0.488 e. The number of rotatable bonds is 4. The first-order chi connectivity index (χ1) is 6.24. The van der Waals surface area contributed by atoms with E-state index in [2.05, 4.69) is 0 Å². The predicted molar refractivity (Wildman–Crippen MR) is 52.9 cm³/mol. The summed E-state index contributed by atoms with van der Waals surface area (Å²) >= 11 is 0. The molecule has 0 bridgehead atoms. The molecular weight excluding hydrogens is 168 g/mol. The van der Waals surface area contributed by atoms with Crippen LogP contribution in [0.15, 0.2) is 24.3 Å². The molecule has 0 spiro atoms. The first kappa shape index (κ1) is 9.83. The number of nitrogens with one attached hydrogen (secondary N) is 1. The summed E-state index contributed by atoms with van der Waals surface area (Å²) in [6.45, 7) is 0. The third kappa shape index (κ3) is 2.93. The van der Waals surface area contributed by atoms with Gasteiger partial charge in [0.1, 0.15) is 6.40 Å². The second kappa shape index (κ2) is 4.69. The fourth-order valence-electron chi connectivity index (χ4n) is 0.924. The fourth-order valence-corrected chi connectivity index (χ4v) is 0.924. The molecule has 0 heterocycles. The standard InChI is InChI=1S/C7H9B2NO3/c10-5-13-8-6-1-3-7(4-2-6)9(11)12/h1-5,8,10-12H. The van der Waals surface area contributed by atoms with Crippen LogP contribution in [0.3, 0.4) is 0 Å². The zero-order valence-corrected chi connectivity index (χ0v) is 6.97. The summed E-state index contributed by atoms with van der Waals surface area (Å²) in [5.41, 5.74) is 1.33. The Bertz CT molecular complexity index is 276. The van der Waals surface area contributed by atoms with Crippen molar-refractivity contribution in [3.8, 4) is 0 Å². The molecule has 0 atom stereocenters. The third-order valence-corrected chi connectivity index (χ3v) is 1.61. The van der Waals surface area contributed by atoms with E-state index in [1.165, 1.54) is 0 Å². The zero-order valence-electron chi connectivity index (χ0n) is 6.97. The molecule has 0 aliphatic heterocycles. The summed E-state index contributed by atoms with van der Waals surface area (Å²) in [5.74, 6) is 0. The Morgan fingerprint density at radius 3 is 2.38 bits per heavy atom. The van der Waals surface area contributed by atoms with Gasteiger partial charge in [-0.15, -0.1) is 0 Å². The summed E-state index contributed by atoms with van der Waals surface area (Å²) in [4.78, 5) is 0. The quantitative estimate of drug-likeness (QED) is 0.282. The van der Waals surface area contributed by atoms with Crippen LogP contribution in [0.25, 0.3) is 0 Å². The van der Waals surface area contributed by atoms with Crippen molar-refractivity contribution in [1.82, 2.24) is 0 Å². The molecule has 1 rings (SSSR count). The molecule has 4 nitrogen and oxygen atoms in total. The molecule has 0 aromatic heterocycles. The van der Waals surface area contributed by atoms with Crippen molar-refractivity contribution in [2.45, 2.75) is 0 Å². The van der Waals surface area contributed by atoms with E-state index in [0.717, 1.165) is 11.9 Å². The largest absolute Gasteiger partial charge is 0.552 e. The van der Waals surface area contributed by atoms with Gasteiger partial charge in [0, 0.05) is 0 Å². The van der Waals surface area contributed by atoms with Crippen LogP contribution < -0.4 is 10.9 Å². The van der Waals surface area contributed by atoms with E-state index in [1.807, 2.05) is 0 Å². The van der Waals surface area contributed by atoms with Crippen LogP contribution in [0.2, 0.25) is 0 Å². The molecule has 0 saturated heterocycles. The van der Waals surface area contributed by atoms with Gasteiger partial charge in [-0.3, -0.25) is 5.41 Å². The highest BCUT2D eigenvalue weighted by Gasteiger charge is 2.09. The maximum Gasteiger partial charge on any atom is 0.488 e. The van der Waals surface area contributed by atoms with Crippen LogP contribution in [-0.4, -0.2) is 31.0 Å². The normalized spacial score (nSPS) is 9.08. The van der Waals surface area contributed by atoms with Crippen LogP contribution in [0.4, 0.5) is 0 Å². The summed E-state index contributed by atoms with van der Waals surface area (Å²) in [6, 6.07) is 6.65. The molecule has 0 unspecified atom stereocenters. The van der Waals surface area contributed by atoms with Crippen LogP contribution in [0, 0.1) is 5.41 Å². The highest BCUT2D eigenvalue weighted by atomic mass is 16.4. The van der Waals surface area contributed by atoms with Gasteiger partial charge in [-0.1, -0.05) is 24.3 Å². The van der Waals surface area contributed by atoms with Gasteiger partial charge in [0.15, 0.2) is 0 Å². The number of hydrogen-bond acceptors (Lipinski definition) is 4. The van der Waals surface area contributed by atoms with E-state index in [0.29, 0.717) is 12.9 Å². The Labute approximate surface area is 77.1 Å². The lowest BCUT2D eigenvalue weighted by Gasteiger charge is -2.01. The zero-order chi connectivity index (χ0) is 9.68. The van der Waals surface area contributed by atoms with E-state index in [-0.39, 0.29) is 0 Å². The van der Waals surface area contributed by atoms with Gasteiger partial charge in [0.2, 0.25) is 0 Å². The molecule has 0 aliphatic carbocycles. The van der Waals surface area contributed by atoms with Gasteiger partial charge in [-0.2, -0.15) is 0 Å². The van der Waals surface area contributed by atoms with E-state index in [9.17, 15) is 0 Å². The van der Waals surface area contributed by atoms with Crippen LogP contribution in [0.5, 0.6) is 0 Å². The first-order valence-electron chi connectivity index (χ1n) is 3.79. The topological polar surface area (TPSA) is 73.5 Å². The fraction of sp³-hybridized carbons (Fsp3) is 0. The lowest BCUT2D eigenvalue weighted by Crippen LogP contribution is -2.31. The Balaban J connectivity index is 2.64. The molecule has 1 aromatic carbocycles. The predicted octanol–water partition coefficient (Wildman–Crippen LogP) is -2.03. The number of benzene rings is 1. The van der Waals surface area contributed by atoms with Gasteiger partial charge in [-0.05, 0) is 10.9 Å². The van der Waals surface area contributed by atoms with Gasteiger partial charge < -0.3 is 14.7 Å². The Hall–Kier alpha value is -1.26. The monoisotopic (exact) mass is 177 g/mol. The summed E-state index contributed by atoms with van der Waals surface area (Å²) in [6.07, 6.45) is 0.870. The minimum atomic E-state index is -1.43. The van der Waals surface area contributed by atoms with E-state index in [1.54, 1.807) is 24.3 Å². The van der Waals surface area contributed by atoms with Crippen molar-refractivity contribution in [3.05, 3.63) is 24.3 Å². The molecule has 0 saturated carbocycles. The Kier molecular flexibility index (Phi) is 3.54. The maximum absolute atomic E-state index is 8.78. The third-order valence-electron chi connectivity index (χ3n) is 1.61. The van der Waals surface area contributed by atoms with Crippen LogP contribution in [-0.2, 0) is 4.65 Å². The maximum atomic E-state index is 8.78. The second-order valence-corrected chi connectivity index (χ2v) is 2.54. The molecule has 0 radical (unpaired) electrons. The van der Waals surface area contributed by atoms with E-state index in [4.69, 9.17) is 20.1 Å². The lowest BCUT2D eigenvalue weighted by atomic mass is 9.77. The molecule has 13 heavy (non-hydrogen) atoms. The highest BCUT2D eigenvalue weighted by molar-refractivity contribution is 6.59. The molecule has 6 heteroatoms. The Morgan fingerprint density at radius 2 is 1.92 bits per heavy atom. The van der Waals surface area contributed by atoms with Crippen LogP contribution >= 0.6 is 0 Å². The molecule has 0 aliphatic rings. The average Bonchev–Trinajstić information content (AvgIpc) is 2.15. The average molecular weight is 177 g/mol. The van der Waals surface area contributed by atoms with Crippen molar-refractivity contribution < 1.29 is 14.7 Å². The first-order valence-corrected chi connectivity index (χ1v) is 3.79. The van der Waals surface area contributed by atoms with Gasteiger partial charge in [0.05, 0.1) is 0 Å². The van der Waals surface area contributed by atoms with Gasteiger partial charge in [0.25, 0.3) is 0 Å². The van der Waals surface area contributed by atoms with Crippen molar-refractivity contribution in [3.63, 3.8) is 0 Å². The molecule has 1 aromatic rings. The Morgan fingerprint density at radius 1 is 1.31 bits per heavy atom. The number of hydrogen-bond donors (Lipinski definition) is 3. The van der Waals surface area contributed by atoms with Crippen LogP contribution in [0.1, 0.15) is 0 Å². The molecule has 0 fully saturated rings. The summed E-state index contributed by atoms with van der Waals surface area (Å²) in [7, 11) is -1.11. The second-order valence-electron chi connectivity index (χ2n) is 2.54. The molecule has 66 valence electrons. The summed E-state index contributed by atoms with van der Waals surface area (Å²) in [5, 5.41) is 24.2. The van der Waals surface area contributed by atoms with Gasteiger partial charge >= 0.3 is 14.6 Å². The lowest BCUT2D eigenvalue weighted by molar-refractivity contribution is 0.426. The summed E-state index contributed by atoms with van der Waals surface area (Å²) < 4.78 is 4.74. The highest BCUT2D eigenvalue weighted by Crippen LogP contribution is 1.82. The van der Waals surface area contributed by atoms with Gasteiger partial charge in [-0.25, -0.2) is 0 Å². The van der Waals surface area contributed by atoms with E-state index < -0.39 is 7.12 Å².